The topological polar surface area (TPSA) is 197 Å². The Balaban J connectivity index is 1.21. The molecule has 3 aliphatic rings. The number of rotatable bonds is 12. The molecular weight excluding hydrogens is 765 g/mol. The fourth-order valence-corrected chi connectivity index (χ4v) is 8.98. The number of hydrogen-bond acceptors (Lipinski definition) is 10. The van der Waals surface area contributed by atoms with Crippen LogP contribution in [0.1, 0.15) is 60.3 Å². The maximum absolute atomic E-state index is 6.35. The fourth-order valence-electron chi connectivity index (χ4n) is 8.98. The molecule has 0 fully saturated rings. The van der Waals surface area contributed by atoms with Crippen molar-refractivity contribution in [2.45, 2.75) is 52.0 Å². The first-order valence-electron chi connectivity index (χ1n) is 20.7. The zero-order valence-corrected chi connectivity index (χ0v) is 35.9. The quantitative estimate of drug-likeness (QED) is 0.0616. The van der Waals surface area contributed by atoms with Crippen LogP contribution in [0.3, 0.4) is 0 Å². The lowest BCUT2D eigenvalue weighted by Gasteiger charge is -2.37. The predicted molar refractivity (Wildman–Crippen MR) is 241 cm³/mol. The number of aryl methyl sites for hydroxylation is 3. The molecule has 2 aliphatic carbocycles. The van der Waals surface area contributed by atoms with Gasteiger partial charge in [0.05, 0.1) is 41.3 Å². The summed E-state index contributed by atoms with van der Waals surface area (Å²) in [5, 5.41) is 19.9. The second-order valence-electron chi connectivity index (χ2n) is 16.0. The molecule has 0 spiro atoms. The van der Waals surface area contributed by atoms with Gasteiger partial charge in [-0.1, -0.05) is 53.9 Å². The molecule has 0 amide bonds. The Morgan fingerprint density at radius 2 is 1.70 bits per heavy atom. The zero-order valence-electron chi connectivity index (χ0n) is 35.9. The highest BCUT2D eigenvalue weighted by Gasteiger charge is 2.48. The van der Waals surface area contributed by atoms with E-state index >= 15 is 0 Å². The van der Waals surface area contributed by atoms with E-state index in [0.717, 1.165) is 74.8 Å². The van der Waals surface area contributed by atoms with Gasteiger partial charge in [0.2, 0.25) is 5.84 Å². The number of fused-ring (bicyclic) bond motifs is 6. The van der Waals surface area contributed by atoms with Crippen LogP contribution in [-0.2, 0) is 37.2 Å². The number of ether oxygens (including phenoxy) is 1. The molecule has 2 aromatic carbocycles. The average molecular weight is 820 g/mol. The summed E-state index contributed by atoms with van der Waals surface area (Å²) in [5.74, 6) is 1.65. The Morgan fingerprint density at radius 1 is 0.984 bits per heavy atom. The maximum atomic E-state index is 6.35. The minimum Gasteiger partial charge on any atom is -0.391 e. The summed E-state index contributed by atoms with van der Waals surface area (Å²) in [6.45, 7) is 10.6. The normalized spacial score (nSPS) is 19.8. The Morgan fingerprint density at radius 3 is 2.48 bits per heavy atom. The molecule has 15 nitrogen and oxygen atoms in total. The summed E-state index contributed by atoms with van der Waals surface area (Å²) in [4.78, 5) is 22.9. The highest BCUT2D eigenvalue weighted by molar-refractivity contribution is 6.00. The number of guanidine groups is 1. The number of aliphatic imine (C=N–C) groups is 2. The van der Waals surface area contributed by atoms with Crippen LogP contribution >= 0.6 is 0 Å². The first-order chi connectivity index (χ1) is 29.5. The summed E-state index contributed by atoms with van der Waals surface area (Å²) >= 11 is 0. The second-order valence-corrected chi connectivity index (χ2v) is 16.0. The number of aromatic nitrogens is 6. The van der Waals surface area contributed by atoms with E-state index in [0.29, 0.717) is 37.2 Å². The molecule has 314 valence electrons. The van der Waals surface area contributed by atoms with Gasteiger partial charge in [0.15, 0.2) is 0 Å². The van der Waals surface area contributed by atoms with Crippen molar-refractivity contribution >= 4 is 23.6 Å². The van der Waals surface area contributed by atoms with E-state index in [1.807, 2.05) is 36.6 Å². The van der Waals surface area contributed by atoms with Crippen LogP contribution in [0.5, 0.6) is 0 Å². The van der Waals surface area contributed by atoms with E-state index in [1.54, 1.807) is 31.7 Å². The minimum absolute atomic E-state index is 0.0897. The summed E-state index contributed by atoms with van der Waals surface area (Å²) in [6, 6.07) is 17.3. The Kier molecular flexibility index (Phi) is 11.4. The van der Waals surface area contributed by atoms with Gasteiger partial charge in [0.1, 0.15) is 11.4 Å². The molecule has 1 aliphatic heterocycles. The number of nitrogens with one attached hydrogen (secondary N) is 4. The Labute approximate surface area is 356 Å². The Bertz CT molecular complexity index is 2660. The highest BCUT2D eigenvalue weighted by atomic mass is 16.5. The van der Waals surface area contributed by atoms with Gasteiger partial charge in [-0.3, -0.25) is 14.4 Å². The molecule has 8 rings (SSSR count). The van der Waals surface area contributed by atoms with E-state index in [2.05, 4.69) is 101 Å². The first kappa shape index (κ1) is 40.9. The van der Waals surface area contributed by atoms with E-state index in [1.165, 1.54) is 11.1 Å². The maximum Gasteiger partial charge on any atom is 0.392 e. The molecule has 0 saturated heterocycles. The SMILES string of the molecule is CCN/C=C\C(N)=N/c1ncc2c(n1)-c1c(nn(C)c1-c1cccc(C)c1)CC2c1cccc(-c2c3c(nn2C)C[C@H](C)C2=CNC(/N=C(N)\C=C/NCCOC)=[NH+]C23C)c1. The lowest BCUT2D eigenvalue weighted by molar-refractivity contribution is -0.552. The van der Waals surface area contributed by atoms with Crippen molar-refractivity contribution < 1.29 is 9.73 Å². The first-order valence-corrected chi connectivity index (χ1v) is 20.7. The van der Waals surface area contributed by atoms with Gasteiger partial charge in [-0.05, 0) is 56.9 Å². The van der Waals surface area contributed by atoms with Crippen molar-refractivity contribution in [1.82, 2.24) is 45.5 Å². The van der Waals surface area contributed by atoms with E-state index in [4.69, 9.17) is 41.4 Å². The lowest BCUT2D eigenvalue weighted by atomic mass is 9.70. The molecule has 4 heterocycles. The lowest BCUT2D eigenvalue weighted by Crippen LogP contribution is -2.89. The number of benzene rings is 2. The van der Waals surface area contributed by atoms with Crippen molar-refractivity contribution in [2.24, 2.45) is 41.5 Å². The molecule has 0 radical (unpaired) electrons. The van der Waals surface area contributed by atoms with Gasteiger partial charge < -0.3 is 26.8 Å². The van der Waals surface area contributed by atoms with Gasteiger partial charge in [0, 0.05) is 105 Å². The van der Waals surface area contributed by atoms with Crippen molar-refractivity contribution in [3.8, 4) is 33.8 Å². The van der Waals surface area contributed by atoms with Gasteiger partial charge >= 0.3 is 5.96 Å². The minimum atomic E-state index is -0.613. The molecule has 0 saturated carbocycles. The summed E-state index contributed by atoms with van der Waals surface area (Å²) in [6.07, 6.45) is 12.5. The van der Waals surface area contributed by atoms with Crippen molar-refractivity contribution in [2.75, 3.05) is 26.8 Å². The Hall–Kier alpha value is -6.87. The molecule has 5 aromatic rings. The van der Waals surface area contributed by atoms with Gasteiger partial charge in [0.25, 0.3) is 5.95 Å². The van der Waals surface area contributed by atoms with Crippen LogP contribution in [0.15, 0.2) is 101 Å². The number of methoxy groups -OCH3 is 1. The number of amidine groups is 2. The van der Waals surface area contributed by atoms with Crippen molar-refractivity contribution in [1.29, 1.82) is 0 Å². The molecule has 3 atom stereocenters. The molecular formula is C46H55N14O+. The van der Waals surface area contributed by atoms with Gasteiger partial charge in [-0.2, -0.15) is 15.2 Å². The monoisotopic (exact) mass is 819 g/mol. The number of nitrogens with zero attached hydrogens (tertiary/aromatic N) is 8. The van der Waals surface area contributed by atoms with Crippen molar-refractivity contribution in [3.63, 3.8) is 0 Å². The molecule has 2 unspecified atom stereocenters. The smallest absolute Gasteiger partial charge is 0.391 e. The third-order valence-corrected chi connectivity index (χ3v) is 11.6. The molecule has 61 heavy (non-hydrogen) atoms. The number of nitrogens with two attached hydrogens (primary N) is 2. The standard InChI is InChI=1S/C46H54N14O/c1-8-49-17-15-37(47)53-44-51-25-33-32(24-35-39(41(33)55-44)42(59(5)57-35)30-13-9-11-27(2)21-30)29-12-10-14-31(23-29)43-40-36(58-60(43)6)22-28(3)34-26-52-45(56-46(34,40)4)54-38(48)16-18-50-19-20-61-7/h9-18,21,23,25-26,28,32,49-50H,8,19-20,22,24H2,1-7H3,(H2,47,51,53,55)(H3,48,52,54,56)/p+1/b17-15-,18-16-/t28-,32?,46?/m0/s1. The van der Waals surface area contributed by atoms with Crippen LogP contribution in [0.2, 0.25) is 0 Å². The summed E-state index contributed by atoms with van der Waals surface area (Å²) < 4.78 is 9.10. The zero-order chi connectivity index (χ0) is 42.8. The number of hydrogen-bond donors (Lipinski definition) is 6. The summed E-state index contributed by atoms with van der Waals surface area (Å²) in [5.41, 5.74) is 25.6. The summed E-state index contributed by atoms with van der Waals surface area (Å²) in [7, 11) is 5.70. The van der Waals surface area contributed by atoms with Gasteiger partial charge in [-0.25, -0.2) is 15.3 Å². The van der Waals surface area contributed by atoms with Crippen LogP contribution in [0.4, 0.5) is 5.95 Å². The van der Waals surface area contributed by atoms with E-state index < -0.39 is 5.54 Å². The molecule has 15 heteroatoms. The van der Waals surface area contributed by atoms with E-state index in [-0.39, 0.29) is 17.8 Å². The largest absolute Gasteiger partial charge is 0.392 e. The van der Waals surface area contributed by atoms with Gasteiger partial charge in [-0.15, -0.1) is 0 Å². The van der Waals surface area contributed by atoms with Crippen LogP contribution in [0.25, 0.3) is 33.8 Å². The molecule has 8 N–H and O–H groups in total. The molecule has 3 aromatic heterocycles. The second kappa shape index (κ2) is 17.0. The van der Waals surface area contributed by atoms with Crippen LogP contribution in [-0.4, -0.2) is 74.0 Å². The predicted octanol–water partition coefficient (Wildman–Crippen LogP) is 3.49. The van der Waals surface area contributed by atoms with E-state index in [9.17, 15) is 0 Å². The average Bonchev–Trinajstić information content (AvgIpc) is 3.76. The van der Waals surface area contributed by atoms with Crippen LogP contribution < -0.4 is 32.4 Å². The molecule has 0 bridgehead atoms. The van der Waals surface area contributed by atoms with Crippen molar-refractivity contribution in [3.05, 3.63) is 125 Å². The van der Waals surface area contributed by atoms with Crippen LogP contribution in [0, 0.1) is 12.8 Å². The third-order valence-electron chi connectivity index (χ3n) is 11.6. The third kappa shape index (κ3) is 7.96. The fraction of sp³-hybridized carbons (Fsp3) is 0.326. The highest BCUT2D eigenvalue weighted by Crippen LogP contribution is 2.48.